The standard InChI is InChI=1S/C14H20N2O/c15-14(17)10-16-8-7-11-5-6-12-3-1-2-4-13(12)9-11/h5-6,9,16H,1-4,7-8,10H2,(H2,15,17). The molecule has 0 saturated carbocycles. The molecular weight excluding hydrogens is 212 g/mol. The number of nitrogens with two attached hydrogens (primary N) is 1. The molecule has 1 amide bonds. The lowest BCUT2D eigenvalue weighted by Crippen LogP contribution is -2.29. The van der Waals surface area contributed by atoms with Crippen LogP contribution in [0.4, 0.5) is 0 Å². The monoisotopic (exact) mass is 232 g/mol. The summed E-state index contributed by atoms with van der Waals surface area (Å²) < 4.78 is 0. The lowest BCUT2D eigenvalue weighted by Gasteiger charge is -2.16. The summed E-state index contributed by atoms with van der Waals surface area (Å²) in [4.78, 5) is 10.6. The molecule has 3 nitrogen and oxygen atoms in total. The smallest absolute Gasteiger partial charge is 0.231 e. The molecule has 0 saturated heterocycles. The van der Waals surface area contributed by atoms with Gasteiger partial charge in [-0.2, -0.15) is 0 Å². The molecule has 0 unspecified atom stereocenters. The predicted molar refractivity (Wildman–Crippen MR) is 68.9 cm³/mol. The third-order valence-corrected chi connectivity index (χ3v) is 3.30. The van der Waals surface area contributed by atoms with Crippen LogP contribution in [-0.4, -0.2) is 19.0 Å². The molecule has 1 aliphatic rings. The van der Waals surface area contributed by atoms with Crippen LogP contribution in [0.3, 0.4) is 0 Å². The number of rotatable bonds is 5. The van der Waals surface area contributed by atoms with Gasteiger partial charge >= 0.3 is 0 Å². The van der Waals surface area contributed by atoms with Gasteiger partial charge in [0.25, 0.3) is 0 Å². The van der Waals surface area contributed by atoms with Crippen molar-refractivity contribution in [2.24, 2.45) is 5.73 Å². The molecule has 0 bridgehead atoms. The minimum Gasteiger partial charge on any atom is -0.369 e. The molecule has 0 heterocycles. The second-order valence-electron chi connectivity index (χ2n) is 4.70. The summed E-state index contributed by atoms with van der Waals surface area (Å²) in [5, 5.41) is 3.04. The van der Waals surface area contributed by atoms with E-state index in [0.717, 1.165) is 13.0 Å². The second kappa shape index (κ2) is 5.82. The maximum absolute atomic E-state index is 10.6. The molecule has 0 aromatic heterocycles. The van der Waals surface area contributed by atoms with Crippen molar-refractivity contribution in [3.05, 3.63) is 34.9 Å². The lowest BCUT2D eigenvalue weighted by molar-refractivity contribution is -0.117. The lowest BCUT2D eigenvalue weighted by atomic mass is 9.90. The van der Waals surface area contributed by atoms with Crippen LogP contribution in [0.25, 0.3) is 0 Å². The van der Waals surface area contributed by atoms with Crippen LogP contribution in [-0.2, 0) is 24.1 Å². The SMILES string of the molecule is NC(=O)CNCCc1ccc2c(c1)CCCC2. The first-order valence-corrected chi connectivity index (χ1v) is 6.35. The van der Waals surface area contributed by atoms with Crippen molar-refractivity contribution in [1.82, 2.24) is 5.32 Å². The molecule has 0 aliphatic heterocycles. The highest BCUT2D eigenvalue weighted by atomic mass is 16.1. The molecule has 0 atom stereocenters. The van der Waals surface area contributed by atoms with E-state index in [2.05, 4.69) is 23.5 Å². The zero-order valence-corrected chi connectivity index (χ0v) is 10.2. The molecule has 3 N–H and O–H groups in total. The fraction of sp³-hybridized carbons (Fsp3) is 0.500. The summed E-state index contributed by atoms with van der Waals surface area (Å²) in [6, 6.07) is 6.79. The van der Waals surface area contributed by atoms with Gasteiger partial charge in [-0.3, -0.25) is 4.79 Å². The van der Waals surface area contributed by atoms with E-state index in [4.69, 9.17) is 5.73 Å². The van der Waals surface area contributed by atoms with E-state index >= 15 is 0 Å². The fourth-order valence-electron chi connectivity index (χ4n) is 2.39. The molecule has 1 aromatic rings. The maximum atomic E-state index is 10.6. The summed E-state index contributed by atoms with van der Waals surface area (Å²) >= 11 is 0. The van der Waals surface area contributed by atoms with Crippen LogP contribution >= 0.6 is 0 Å². The summed E-state index contributed by atoms with van der Waals surface area (Å²) in [7, 11) is 0. The number of amides is 1. The number of benzene rings is 1. The number of carbonyl (C=O) groups excluding carboxylic acids is 1. The van der Waals surface area contributed by atoms with Crippen molar-refractivity contribution in [1.29, 1.82) is 0 Å². The molecule has 1 aromatic carbocycles. The Hall–Kier alpha value is -1.35. The minimum atomic E-state index is -0.296. The molecule has 2 rings (SSSR count). The zero-order valence-electron chi connectivity index (χ0n) is 10.2. The number of aryl methyl sites for hydroxylation is 2. The van der Waals surface area contributed by atoms with Gasteiger partial charge in [0.2, 0.25) is 5.91 Å². The van der Waals surface area contributed by atoms with Gasteiger partial charge in [-0.25, -0.2) is 0 Å². The van der Waals surface area contributed by atoms with Gasteiger partial charge in [0.15, 0.2) is 0 Å². The third-order valence-electron chi connectivity index (χ3n) is 3.30. The fourth-order valence-corrected chi connectivity index (χ4v) is 2.39. The highest BCUT2D eigenvalue weighted by Gasteiger charge is 2.09. The number of fused-ring (bicyclic) bond motifs is 1. The Balaban J connectivity index is 1.86. The highest BCUT2D eigenvalue weighted by Crippen LogP contribution is 2.22. The van der Waals surface area contributed by atoms with E-state index in [1.807, 2.05) is 0 Å². The Morgan fingerprint density at radius 2 is 2.00 bits per heavy atom. The van der Waals surface area contributed by atoms with Crippen molar-refractivity contribution in [3.8, 4) is 0 Å². The molecule has 0 fully saturated rings. The topological polar surface area (TPSA) is 55.1 Å². The van der Waals surface area contributed by atoms with E-state index in [1.54, 1.807) is 0 Å². The van der Waals surface area contributed by atoms with E-state index in [9.17, 15) is 4.79 Å². The quantitative estimate of drug-likeness (QED) is 0.749. The number of hydrogen-bond acceptors (Lipinski definition) is 2. The first-order chi connectivity index (χ1) is 8.25. The van der Waals surface area contributed by atoms with Crippen LogP contribution in [0.1, 0.15) is 29.5 Å². The van der Waals surface area contributed by atoms with Gasteiger partial charge in [0.05, 0.1) is 6.54 Å². The predicted octanol–water partition coefficient (Wildman–Crippen LogP) is 1.18. The van der Waals surface area contributed by atoms with Gasteiger partial charge in [-0.1, -0.05) is 18.2 Å². The largest absolute Gasteiger partial charge is 0.369 e. The van der Waals surface area contributed by atoms with Crippen LogP contribution in [0.2, 0.25) is 0 Å². The Bertz CT molecular complexity index is 401. The molecular formula is C14H20N2O. The molecule has 0 radical (unpaired) electrons. The maximum Gasteiger partial charge on any atom is 0.231 e. The Morgan fingerprint density at radius 3 is 2.76 bits per heavy atom. The van der Waals surface area contributed by atoms with Gasteiger partial charge in [-0.05, 0) is 55.3 Å². The van der Waals surface area contributed by atoms with Gasteiger partial charge in [0.1, 0.15) is 0 Å². The number of carbonyl (C=O) groups is 1. The van der Waals surface area contributed by atoms with Crippen LogP contribution in [0.5, 0.6) is 0 Å². The van der Waals surface area contributed by atoms with Gasteiger partial charge in [0, 0.05) is 0 Å². The number of nitrogens with one attached hydrogen (secondary N) is 1. The zero-order chi connectivity index (χ0) is 12.1. The molecule has 1 aliphatic carbocycles. The average Bonchev–Trinajstić information content (AvgIpc) is 2.34. The molecule has 0 spiro atoms. The highest BCUT2D eigenvalue weighted by molar-refractivity contribution is 5.75. The van der Waals surface area contributed by atoms with Crippen molar-refractivity contribution in [3.63, 3.8) is 0 Å². The Labute approximate surface area is 102 Å². The summed E-state index contributed by atoms with van der Waals surface area (Å²) in [5.74, 6) is -0.296. The Morgan fingerprint density at radius 1 is 1.24 bits per heavy atom. The number of hydrogen-bond donors (Lipinski definition) is 2. The van der Waals surface area contributed by atoms with E-state index in [-0.39, 0.29) is 12.5 Å². The molecule has 92 valence electrons. The number of primary amides is 1. The van der Waals surface area contributed by atoms with Crippen molar-refractivity contribution >= 4 is 5.91 Å². The first-order valence-electron chi connectivity index (χ1n) is 6.35. The van der Waals surface area contributed by atoms with Crippen molar-refractivity contribution in [2.75, 3.05) is 13.1 Å². The van der Waals surface area contributed by atoms with Gasteiger partial charge < -0.3 is 11.1 Å². The summed E-state index contributed by atoms with van der Waals surface area (Å²) in [5.41, 5.74) is 9.45. The van der Waals surface area contributed by atoms with Crippen molar-refractivity contribution < 1.29 is 4.79 Å². The van der Waals surface area contributed by atoms with E-state index in [1.165, 1.54) is 42.4 Å². The van der Waals surface area contributed by atoms with Crippen LogP contribution in [0.15, 0.2) is 18.2 Å². The van der Waals surface area contributed by atoms with E-state index in [0.29, 0.717) is 0 Å². The average molecular weight is 232 g/mol. The minimum absolute atomic E-state index is 0.269. The van der Waals surface area contributed by atoms with Crippen LogP contribution in [0, 0.1) is 0 Å². The summed E-state index contributed by atoms with van der Waals surface area (Å²) in [6.45, 7) is 1.08. The van der Waals surface area contributed by atoms with Crippen molar-refractivity contribution in [2.45, 2.75) is 32.1 Å². The van der Waals surface area contributed by atoms with Crippen LogP contribution < -0.4 is 11.1 Å². The van der Waals surface area contributed by atoms with Gasteiger partial charge in [-0.15, -0.1) is 0 Å². The first kappa shape index (κ1) is 12.1. The summed E-state index contributed by atoms with van der Waals surface area (Å²) in [6.07, 6.45) is 6.05. The molecule has 3 heteroatoms. The normalized spacial score (nSPS) is 14.4. The van der Waals surface area contributed by atoms with E-state index < -0.39 is 0 Å². The Kier molecular flexibility index (Phi) is 4.15. The third kappa shape index (κ3) is 3.56. The molecule has 17 heavy (non-hydrogen) atoms. The second-order valence-corrected chi connectivity index (χ2v) is 4.70.